The number of sulfonamides is 1. The molecular weight excluding hydrogens is 493 g/mol. The first-order valence-corrected chi connectivity index (χ1v) is 13.4. The number of nitrogens with one attached hydrogen (secondary N) is 1. The van der Waals surface area contributed by atoms with Crippen LogP contribution in [0.1, 0.15) is 30.0 Å². The van der Waals surface area contributed by atoms with Gasteiger partial charge in [-0.15, -0.1) is 0 Å². The summed E-state index contributed by atoms with van der Waals surface area (Å²) in [7, 11) is -2.73. The van der Waals surface area contributed by atoms with Crippen molar-refractivity contribution >= 4 is 27.5 Å². The molecule has 1 atom stereocenters. The Kier molecular flexibility index (Phi) is 9.04. The van der Waals surface area contributed by atoms with Crippen molar-refractivity contribution in [2.24, 2.45) is 0 Å². The van der Waals surface area contributed by atoms with Crippen molar-refractivity contribution in [3.05, 3.63) is 95.3 Å². The molecule has 3 aromatic carbocycles. The van der Waals surface area contributed by atoms with Gasteiger partial charge in [-0.1, -0.05) is 48.9 Å². The fraction of sp³-hybridized carbons (Fsp3) is 0.286. The zero-order chi connectivity index (χ0) is 27.2. The van der Waals surface area contributed by atoms with Crippen LogP contribution in [-0.4, -0.2) is 44.8 Å². The van der Waals surface area contributed by atoms with Crippen molar-refractivity contribution in [1.82, 2.24) is 10.2 Å². The highest BCUT2D eigenvalue weighted by Crippen LogP contribution is 2.25. The zero-order valence-corrected chi connectivity index (χ0v) is 22.3. The minimum absolute atomic E-state index is 0.135. The number of rotatable bonds is 10. The van der Waals surface area contributed by atoms with Crippen LogP contribution in [-0.2, 0) is 26.2 Å². The van der Waals surface area contributed by atoms with Gasteiger partial charge in [0.2, 0.25) is 11.8 Å². The van der Waals surface area contributed by atoms with E-state index in [1.807, 2.05) is 38.1 Å². The minimum atomic E-state index is -4.23. The SMILES string of the molecule is CCC(C(=O)NC)N(Cc1ccccc1C)C(=O)CN(c1ccc(C)cc1)S(=O)(=O)c1ccc(F)cc1. The number of halogens is 1. The van der Waals surface area contributed by atoms with Crippen LogP contribution in [0.3, 0.4) is 0 Å². The van der Waals surface area contributed by atoms with Crippen molar-refractivity contribution in [3.63, 3.8) is 0 Å². The van der Waals surface area contributed by atoms with E-state index in [2.05, 4.69) is 5.32 Å². The summed E-state index contributed by atoms with van der Waals surface area (Å²) >= 11 is 0. The molecule has 0 aliphatic carbocycles. The summed E-state index contributed by atoms with van der Waals surface area (Å²) in [6.07, 6.45) is 0.340. The average molecular weight is 526 g/mol. The lowest BCUT2D eigenvalue weighted by Crippen LogP contribution is -2.51. The second-order valence-electron chi connectivity index (χ2n) is 8.79. The maximum absolute atomic E-state index is 13.8. The maximum Gasteiger partial charge on any atom is 0.264 e. The number of carbonyl (C=O) groups excluding carboxylic acids is 2. The van der Waals surface area contributed by atoms with Gasteiger partial charge in [-0.05, 0) is 67.8 Å². The minimum Gasteiger partial charge on any atom is -0.357 e. The van der Waals surface area contributed by atoms with Crippen molar-refractivity contribution in [2.75, 3.05) is 17.9 Å². The van der Waals surface area contributed by atoms with E-state index in [4.69, 9.17) is 0 Å². The third-order valence-electron chi connectivity index (χ3n) is 6.24. The molecule has 0 aliphatic rings. The molecule has 0 aliphatic heterocycles. The van der Waals surface area contributed by atoms with Gasteiger partial charge in [0.25, 0.3) is 10.0 Å². The van der Waals surface area contributed by atoms with Crippen LogP contribution in [0.15, 0.2) is 77.7 Å². The molecular formula is C28H32FN3O4S. The number of hydrogen-bond acceptors (Lipinski definition) is 4. The summed E-state index contributed by atoms with van der Waals surface area (Å²) < 4.78 is 41.9. The van der Waals surface area contributed by atoms with Gasteiger partial charge >= 0.3 is 0 Å². The number of anilines is 1. The van der Waals surface area contributed by atoms with Gasteiger partial charge in [-0.2, -0.15) is 0 Å². The van der Waals surface area contributed by atoms with E-state index in [0.717, 1.165) is 33.1 Å². The molecule has 0 saturated heterocycles. The number of benzene rings is 3. The number of aryl methyl sites for hydroxylation is 2. The van der Waals surface area contributed by atoms with Crippen LogP contribution in [0, 0.1) is 19.7 Å². The predicted molar refractivity (Wildman–Crippen MR) is 142 cm³/mol. The summed E-state index contributed by atoms with van der Waals surface area (Å²) in [6, 6.07) is 17.9. The van der Waals surface area contributed by atoms with Crippen molar-refractivity contribution in [2.45, 2.75) is 44.7 Å². The van der Waals surface area contributed by atoms with Crippen molar-refractivity contribution in [1.29, 1.82) is 0 Å². The molecule has 0 bridgehead atoms. The zero-order valence-electron chi connectivity index (χ0n) is 21.4. The summed E-state index contributed by atoms with van der Waals surface area (Å²) in [5.41, 5.74) is 3.00. The van der Waals surface area contributed by atoms with Gasteiger partial charge in [0, 0.05) is 13.6 Å². The highest BCUT2D eigenvalue weighted by atomic mass is 32.2. The molecule has 0 fully saturated rings. The third kappa shape index (κ3) is 6.54. The molecule has 1 unspecified atom stereocenters. The Labute approximate surface area is 218 Å². The lowest BCUT2D eigenvalue weighted by atomic mass is 10.1. The van der Waals surface area contributed by atoms with Crippen LogP contribution in [0.25, 0.3) is 0 Å². The largest absolute Gasteiger partial charge is 0.357 e. The van der Waals surface area contributed by atoms with Crippen LogP contribution in [0.4, 0.5) is 10.1 Å². The molecule has 3 rings (SSSR count). The summed E-state index contributed by atoms with van der Waals surface area (Å²) in [5, 5.41) is 2.60. The fourth-order valence-electron chi connectivity index (χ4n) is 4.03. The lowest BCUT2D eigenvalue weighted by molar-refractivity contribution is -0.140. The molecule has 3 aromatic rings. The van der Waals surface area contributed by atoms with Gasteiger partial charge < -0.3 is 10.2 Å². The van der Waals surface area contributed by atoms with Gasteiger partial charge in [-0.25, -0.2) is 12.8 Å². The summed E-state index contributed by atoms with van der Waals surface area (Å²) in [6.45, 7) is 5.17. The highest BCUT2D eigenvalue weighted by molar-refractivity contribution is 7.92. The first-order valence-electron chi connectivity index (χ1n) is 12.0. The first-order chi connectivity index (χ1) is 17.6. The molecule has 1 N–H and O–H groups in total. The molecule has 0 aromatic heterocycles. The van der Waals surface area contributed by atoms with E-state index in [-0.39, 0.29) is 23.0 Å². The molecule has 37 heavy (non-hydrogen) atoms. The molecule has 0 spiro atoms. The summed E-state index contributed by atoms with van der Waals surface area (Å²) in [5.74, 6) is -1.45. The highest BCUT2D eigenvalue weighted by Gasteiger charge is 2.33. The Morgan fingerprint density at radius 1 is 0.946 bits per heavy atom. The second-order valence-corrected chi connectivity index (χ2v) is 10.6. The average Bonchev–Trinajstić information content (AvgIpc) is 2.88. The van der Waals surface area contributed by atoms with Crippen LogP contribution in [0.5, 0.6) is 0 Å². The van der Waals surface area contributed by atoms with Crippen LogP contribution < -0.4 is 9.62 Å². The predicted octanol–water partition coefficient (Wildman–Crippen LogP) is 4.19. The number of amides is 2. The molecule has 0 heterocycles. The quantitative estimate of drug-likeness (QED) is 0.430. The molecule has 9 heteroatoms. The van der Waals surface area contributed by atoms with E-state index in [9.17, 15) is 22.4 Å². The fourth-order valence-corrected chi connectivity index (χ4v) is 5.44. The van der Waals surface area contributed by atoms with E-state index in [1.165, 1.54) is 24.1 Å². The van der Waals surface area contributed by atoms with E-state index in [0.29, 0.717) is 6.42 Å². The molecule has 7 nitrogen and oxygen atoms in total. The smallest absolute Gasteiger partial charge is 0.264 e. The molecule has 196 valence electrons. The number of likely N-dealkylation sites (N-methyl/N-ethyl adjacent to an activating group) is 1. The third-order valence-corrected chi connectivity index (χ3v) is 8.02. The van der Waals surface area contributed by atoms with Gasteiger partial charge in [0.05, 0.1) is 10.6 Å². The van der Waals surface area contributed by atoms with Gasteiger partial charge in [0.15, 0.2) is 0 Å². The lowest BCUT2D eigenvalue weighted by Gasteiger charge is -2.33. The van der Waals surface area contributed by atoms with Crippen molar-refractivity contribution in [3.8, 4) is 0 Å². The van der Waals surface area contributed by atoms with Crippen LogP contribution >= 0.6 is 0 Å². The Hall–Kier alpha value is -3.72. The number of carbonyl (C=O) groups is 2. The van der Waals surface area contributed by atoms with Crippen LogP contribution in [0.2, 0.25) is 0 Å². The Balaban J connectivity index is 2.06. The first kappa shape index (κ1) is 27.9. The summed E-state index contributed by atoms with van der Waals surface area (Å²) in [4.78, 5) is 27.8. The topological polar surface area (TPSA) is 86.8 Å². The Morgan fingerprint density at radius 2 is 1.57 bits per heavy atom. The molecule has 2 amide bonds. The monoisotopic (exact) mass is 525 g/mol. The number of nitrogens with zero attached hydrogens (tertiary/aromatic N) is 2. The Bertz CT molecular complexity index is 1340. The van der Waals surface area contributed by atoms with E-state index < -0.39 is 34.3 Å². The molecule has 0 radical (unpaired) electrons. The number of hydrogen-bond donors (Lipinski definition) is 1. The normalized spacial score (nSPS) is 12.0. The van der Waals surface area contributed by atoms with E-state index in [1.54, 1.807) is 31.2 Å². The maximum atomic E-state index is 13.8. The Morgan fingerprint density at radius 3 is 2.14 bits per heavy atom. The van der Waals surface area contributed by atoms with Gasteiger partial charge in [-0.3, -0.25) is 13.9 Å². The molecule has 0 saturated carbocycles. The van der Waals surface area contributed by atoms with E-state index >= 15 is 0 Å². The van der Waals surface area contributed by atoms with Crippen molar-refractivity contribution < 1.29 is 22.4 Å². The van der Waals surface area contributed by atoms with Gasteiger partial charge in [0.1, 0.15) is 18.4 Å². The standard InChI is InChI=1S/C28H32FN3O4S/c1-5-26(28(34)30-4)31(18-22-9-7-6-8-21(22)3)27(33)19-32(24-14-10-20(2)11-15-24)37(35,36)25-16-12-23(29)13-17-25/h6-17,26H,5,18-19H2,1-4H3,(H,30,34). The second kappa shape index (κ2) is 12.0.